The van der Waals surface area contributed by atoms with Gasteiger partial charge in [0.15, 0.2) is 11.5 Å². The summed E-state index contributed by atoms with van der Waals surface area (Å²) in [5.74, 6) is 1.06. The highest BCUT2D eigenvalue weighted by molar-refractivity contribution is 7.19. The van der Waals surface area contributed by atoms with E-state index in [1.54, 1.807) is 29.5 Å². The number of amides is 1. The van der Waals surface area contributed by atoms with Crippen LogP contribution in [-0.4, -0.2) is 53.9 Å². The second-order valence-corrected chi connectivity index (χ2v) is 9.74. The predicted molar refractivity (Wildman–Crippen MR) is 145 cm³/mol. The van der Waals surface area contributed by atoms with Gasteiger partial charge in [0.05, 0.1) is 13.2 Å². The number of ether oxygens (including phenoxy) is 3. The van der Waals surface area contributed by atoms with Gasteiger partial charge >= 0.3 is 0 Å². The van der Waals surface area contributed by atoms with Gasteiger partial charge in [0, 0.05) is 42.7 Å². The van der Waals surface area contributed by atoms with E-state index in [1.165, 1.54) is 0 Å². The Kier molecular flexibility index (Phi) is 8.13. The number of carbonyl (C=O) groups excluding carboxylic acids is 1. The van der Waals surface area contributed by atoms with Crippen molar-refractivity contribution >= 4 is 33.2 Å². The normalized spacial score (nSPS) is 17.4. The number of aromatic nitrogens is 2. The van der Waals surface area contributed by atoms with Crippen LogP contribution in [0.1, 0.15) is 54.0 Å². The average Bonchev–Trinajstić information content (AvgIpc) is 3.51. The van der Waals surface area contributed by atoms with E-state index in [0.717, 1.165) is 84.3 Å². The van der Waals surface area contributed by atoms with Crippen molar-refractivity contribution in [3.05, 3.63) is 64.4 Å². The third-order valence-corrected chi connectivity index (χ3v) is 7.34. The molecule has 4 heterocycles. The molecule has 8 nitrogen and oxygen atoms in total. The molecule has 2 aliphatic heterocycles. The Bertz CT molecular complexity index is 1330. The molecule has 0 bridgehead atoms. The van der Waals surface area contributed by atoms with E-state index in [1.807, 2.05) is 20.0 Å². The summed E-state index contributed by atoms with van der Waals surface area (Å²) in [6.45, 7) is 8.45. The second kappa shape index (κ2) is 11.9. The molecule has 1 fully saturated rings. The fourth-order valence-electron chi connectivity index (χ4n) is 4.47. The van der Waals surface area contributed by atoms with Crippen molar-refractivity contribution in [2.75, 3.05) is 33.1 Å². The fourth-order valence-corrected chi connectivity index (χ4v) is 5.41. The van der Waals surface area contributed by atoms with Crippen molar-refractivity contribution < 1.29 is 19.0 Å². The molecule has 194 valence electrons. The Morgan fingerprint density at radius 2 is 1.89 bits per heavy atom. The zero-order valence-electron chi connectivity index (χ0n) is 21.3. The first-order chi connectivity index (χ1) is 18.2. The van der Waals surface area contributed by atoms with Gasteiger partial charge in [0.2, 0.25) is 6.79 Å². The first kappa shape index (κ1) is 25.4. The molecule has 0 saturated carbocycles. The molecule has 0 atom stereocenters. The van der Waals surface area contributed by atoms with Crippen LogP contribution in [0.3, 0.4) is 0 Å². The number of carbonyl (C=O) groups is 1. The van der Waals surface area contributed by atoms with E-state index in [0.29, 0.717) is 17.1 Å². The van der Waals surface area contributed by atoms with Crippen LogP contribution in [-0.2, 0) is 11.3 Å². The minimum atomic E-state index is -0.186. The fraction of sp³-hybridized carbons (Fsp3) is 0.393. The summed E-state index contributed by atoms with van der Waals surface area (Å²) in [5, 5.41) is 3.98. The first-order valence-electron chi connectivity index (χ1n) is 12.9. The monoisotopic (exact) mass is 520 g/mol. The van der Waals surface area contributed by atoms with Gasteiger partial charge < -0.3 is 19.5 Å². The number of thiazole rings is 1. The number of fused-ring (bicyclic) bond motifs is 2. The molecule has 1 N–H and O–H groups in total. The molecule has 1 aromatic carbocycles. The first-order valence-corrected chi connectivity index (χ1v) is 13.7. The third-order valence-electron chi connectivity index (χ3n) is 6.32. The number of hydrogen-bond acceptors (Lipinski definition) is 8. The average molecular weight is 521 g/mol. The molecule has 2 aromatic heterocycles. The molecule has 1 aliphatic carbocycles. The molecule has 0 radical (unpaired) electrons. The molecule has 1 saturated heterocycles. The van der Waals surface area contributed by atoms with Crippen molar-refractivity contribution in [1.82, 2.24) is 20.2 Å². The lowest BCUT2D eigenvalue weighted by atomic mass is 10.1. The zero-order valence-corrected chi connectivity index (χ0v) is 22.1. The Hall–Kier alpha value is -3.27. The van der Waals surface area contributed by atoms with Crippen LogP contribution in [0.25, 0.3) is 15.9 Å². The van der Waals surface area contributed by atoms with Crippen LogP contribution in [0, 0.1) is 0 Å². The van der Waals surface area contributed by atoms with Crippen molar-refractivity contribution in [3.8, 4) is 11.5 Å². The maximum absolute atomic E-state index is 13.1. The minimum absolute atomic E-state index is 0.179. The van der Waals surface area contributed by atoms with Gasteiger partial charge in [-0.05, 0) is 49.1 Å². The summed E-state index contributed by atoms with van der Waals surface area (Å²) in [6.07, 6.45) is 9.06. The van der Waals surface area contributed by atoms with E-state index in [9.17, 15) is 4.79 Å². The van der Waals surface area contributed by atoms with E-state index in [-0.39, 0.29) is 12.7 Å². The number of hydrogen-bond donors (Lipinski definition) is 1. The van der Waals surface area contributed by atoms with Gasteiger partial charge in [-0.15, -0.1) is 0 Å². The number of rotatable bonds is 5. The van der Waals surface area contributed by atoms with Gasteiger partial charge in [0.25, 0.3) is 5.91 Å². The summed E-state index contributed by atoms with van der Waals surface area (Å²) in [4.78, 5) is 26.0. The highest BCUT2D eigenvalue weighted by atomic mass is 32.1. The van der Waals surface area contributed by atoms with Gasteiger partial charge in [-0.1, -0.05) is 37.3 Å². The Labute approximate surface area is 221 Å². The Morgan fingerprint density at radius 1 is 1.08 bits per heavy atom. The standard InChI is InChI=1S/C26H26N4O4S.C2H6/c31-24(18-6-7-22-23(13-18)34-16-33-22)28-20-5-3-1-2-4-19(20)25-29-21-12-17(14-27-26(21)35-25)15-30-8-10-32-11-9-30;1-2/h4-7,12-14H,1-3,8-11,15-16H2,(H,28,31);1-2H3. The maximum Gasteiger partial charge on any atom is 0.255 e. The zero-order chi connectivity index (χ0) is 25.6. The van der Waals surface area contributed by atoms with Crippen molar-refractivity contribution in [2.24, 2.45) is 0 Å². The summed E-state index contributed by atoms with van der Waals surface area (Å²) >= 11 is 1.56. The molecule has 3 aromatic rings. The molecular weight excluding hydrogens is 488 g/mol. The minimum Gasteiger partial charge on any atom is -0.454 e. The highest BCUT2D eigenvalue weighted by Crippen LogP contribution is 2.34. The summed E-state index contributed by atoms with van der Waals surface area (Å²) in [6, 6.07) is 7.36. The van der Waals surface area contributed by atoms with Crippen LogP contribution in [0.2, 0.25) is 0 Å². The van der Waals surface area contributed by atoms with E-state index in [4.69, 9.17) is 24.2 Å². The highest BCUT2D eigenvalue weighted by Gasteiger charge is 2.21. The van der Waals surface area contributed by atoms with E-state index >= 15 is 0 Å². The van der Waals surface area contributed by atoms with Crippen LogP contribution < -0.4 is 14.8 Å². The molecule has 1 amide bonds. The van der Waals surface area contributed by atoms with Crippen molar-refractivity contribution in [1.29, 1.82) is 0 Å². The van der Waals surface area contributed by atoms with Crippen LogP contribution in [0.4, 0.5) is 0 Å². The number of morpholine rings is 1. The smallest absolute Gasteiger partial charge is 0.255 e. The number of nitrogens with one attached hydrogen (secondary N) is 1. The van der Waals surface area contributed by atoms with Crippen molar-refractivity contribution in [3.63, 3.8) is 0 Å². The summed E-state index contributed by atoms with van der Waals surface area (Å²) in [7, 11) is 0. The van der Waals surface area contributed by atoms with Crippen LogP contribution in [0.5, 0.6) is 11.5 Å². The number of nitrogens with zero attached hydrogens (tertiary/aromatic N) is 3. The molecule has 0 spiro atoms. The lowest BCUT2D eigenvalue weighted by Gasteiger charge is -2.26. The molecule has 37 heavy (non-hydrogen) atoms. The Morgan fingerprint density at radius 3 is 2.76 bits per heavy atom. The SMILES string of the molecule is CC.O=C(NC1=CCCCC=C1c1nc2cc(CN3CCOCC3)cnc2s1)c1ccc2c(c1)OCO2. The Balaban J connectivity index is 0.00000137. The van der Waals surface area contributed by atoms with Gasteiger partial charge in [-0.25, -0.2) is 9.97 Å². The van der Waals surface area contributed by atoms with E-state index < -0.39 is 0 Å². The van der Waals surface area contributed by atoms with Crippen LogP contribution >= 0.6 is 11.3 Å². The summed E-state index contributed by atoms with van der Waals surface area (Å²) in [5.41, 5.74) is 4.31. The molecule has 0 unspecified atom stereocenters. The number of pyridine rings is 1. The third kappa shape index (κ3) is 5.84. The van der Waals surface area contributed by atoms with Gasteiger partial charge in [-0.2, -0.15) is 0 Å². The number of allylic oxidation sites excluding steroid dienone is 3. The molecule has 6 rings (SSSR count). The lowest BCUT2D eigenvalue weighted by Crippen LogP contribution is -2.35. The van der Waals surface area contributed by atoms with Gasteiger partial charge in [-0.3, -0.25) is 9.69 Å². The lowest BCUT2D eigenvalue weighted by molar-refractivity contribution is 0.0341. The largest absolute Gasteiger partial charge is 0.454 e. The quantitative estimate of drug-likeness (QED) is 0.497. The summed E-state index contributed by atoms with van der Waals surface area (Å²) < 4.78 is 16.2. The van der Waals surface area contributed by atoms with Crippen LogP contribution in [0.15, 0.2) is 48.3 Å². The second-order valence-electron chi connectivity index (χ2n) is 8.76. The number of benzene rings is 1. The molecular formula is C28H32N4O4S. The molecule has 3 aliphatic rings. The van der Waals surface area contributed by atoms with E-state index in [2.05, 4.69) is 28.4 Å². The molecule has 9 heteroatoms. The predicted octanol–water partition coefficient (Wildman–Crippen LogP) is 5.16. The van der Waals surface area contributed by atoms with Gasteiger partial charge in [0.1, 0.15) is 15.4 Å². The topological polar surface area (TPSA) is 85.8 Å². The maximum atomic E-state index is 13.1. The van der Waals surface area contributed by atoms with Crippen molar-refractivity contribution in [2.45, 2.75) is 39.7 Å².